The Balaban J connectivity index is 1.46. The highest BCUT2D eigenvalue weighted by molar-refractivity contribution is 7.15. The Morgan fingerprint density at radius 1 is 1.30 bits per heavy atom. The minimum absolute atomic E-state index is 0.000836. The number of aromatic nitrogens is 3. The maximum Gasteiger partial charge on any atom is 0.228 e. The first-order valence-corrected chi connectivity index (χ1v) is 8.91. The van der Waals surface area contributed by atoms with Crippen LogP contribution in [0.25, 0.3) is 0 Å². The topological polar surface area (TPSA) is 69.0 Å². The third-order valence-corrected chi connectivity index (χ3v) is 5.68. The second-order valence-corrected chi connectivity index (χ2v) is 7.38. The average molecular weight is 332 g/mol. The highest BCUT2D eigenvalue weighted by Crippen LogP contribution is 2.42. The van der Waals surface area contributed by atoms with Crippen molar-refractivity contribution in [1.29, 1.82) is 0 Å². The molecule has 0 aromatic carbocycles. The van der Waals surface area contributed by atoms with Gasteiger partial charge in [0.05, 0.1) is 12.0 Å². The number of amides is 1. The van der Waals surface area contributed by atoms with E-state index in [1.165, 1.54) is 24.2 Å². The molecule has 1 N–H and O–H groups in total. The maximum atomic E-state index is 12.5. The van der Waals surface area contributed by atoms with Crippen LogP contribution in [0.5, 0.6) is 0 Å². The Kier molecular flexibility index (Phi) is 3.90. The normalized spacial score (nSPS) is 20.3. The monoisotopic (exact) mass is 332 g/mol. The molecule has 3 heterocycles. The van der Waals surface area contributed by atoms with Gasteiger partial charge in [0.1, 0.15) is 5.01 Å². The molecule has 7 heteroatoms. The molecule has 2 aromatic rings. The van der Waals surface area contributed by atoms with E-state index in [4.69, 9.17) is 4.74 Å². The molecule has 0 spiro atoms. The molecule has 0 unspecified atom stereocenters. The number of nitrogens with zero attached hydrogens (tertiary/aromatic N) is 3. The van der Waals surface area contributed by atoms with E-state index in [9.17, 15) is 4.79 Å². The molecule has 1 aliphatic heterocycles. The first kappa shape index (κ1) is 14.8. The molecule has 122 valence electrons. The fourth-order valence-corrected chi connectivity index (χ4v) is 4.10. The van der Waals surface area contributed by atoms with Crippen LogP contribution in [0, 0.1) is 0 Å². The Morgan fingerprint density at radius 3 is 2.74 bits per heavy atom. The van der Waals surface area contributed by atoms with Gasteiger partial charge in [-0.3, -0.25) is 4.79 Å². The van der Waals surface area contributed by atoms with Crippen molar-refractivity contribution in [2.45, 2.75) is 43.6 Å². The van der Waals surface area contributed by atoms with Crippen LogP contribution in [-0.2, 0) is 15.1 Å². The predicted molar refractivity (Wildman–Crippen MR) is 87.6 cm³/mol. The SMILES string of the molecule is O=C(CC1(n2cccc2)CCOCC1)Nc1nnc(C2CC2)s1. The second-order valence-electron chi connectivity index (χ2n) is 6.37. The zero-order valence-electron chi connectivity index (χ0n) is 12.9. The van der Waals surface area contributed by atoms with E-state index < -0.39 is 0 Å². The Labute approximate surface area is 138 Å². The molecule has 2 aliphatic rings. The number of nitrogens with one attached hydrogen (secondary N) is 1. The molecule has 1 saturated carbocycles. The van der Waals surface area contributed by atoms with Crippen LogP contribution in [0.15, 0.2) is 24.5 Å². The van der Waals surface area contributed by atoms with Crippen LogP contribution in [0.3, 0.4) is 0 Å². The van der Waals surface area contributed by atoms with Gasteiger partial charge in [-0.1, -0.05) is 11.3 Å². The lowest BCUT2D eigenvalue weighted by molar-refractivity contribution is -0.119. The van der Waals surface area contributed by atoms with E-state index in [1.54, 1.807) is 0 Å². The van der Waals surface area contributed by atoms with Gasteiger partial charge in [-0.25, -0.2) is 0 Å². The number of rotatable bonds is 5. The van der Waals surface area contributed by atoms with Gasteiger partial charge < -0.3 is 14.6 Å². The van der Waals surface area contributed by atoms with Crippen LogP contribution < -0.4 is 5.32 Å². The maximum absolute atomic E-state index is 12.5. The Bertz CT molecular complexity index is 672. The van der Waals surface area contributed by atoms with Gasteiger partial charge in [0.2, 0.25) is 11.0 Å². The van der Waals surface area contributed by atoms with Crippen molar-refractivity contribution in [3.63, 3.8) is 0 Å². The summed E-state index contributed by atoms with van der Waals surface area (Å²) in [6, 6.07) is 4.00. The van der Waals surface area contributed by atoms with Crippen molar-refractivity contribution in [2.24, 2.45) is 0 Å². The third-order valence-electron chi connectivity index (χ3n) is 4.68. The van der Waals surface area contributed by atoms with Crippen LogP contribution in [0.4, 0.5) is 5.13 Å². The molecule has 0 bridgehead atoms. The molecule has 4 rings (SSSR count). The summed E-state index contributed by atoms with van der Waals surface area (Å²) in [7, 11) is 0. The molecule has 1 aliphatic carbocycles. The van der Waals surface area contributed by atoms with E-state index >= 15 is 0 Å². The number of hydrogen-bond donors (Lipinski definition) is 1. The van der Waals surface area contributed by atoms with Gasteiger partial charge in [-0.15, -0.1) is 10.2 Å². The van der Waals surface area contributed by atoms with E-state index in [0.717, 1.165) is 17.8 Å². The van der Waals surface area contributed by atoms with E-state index in [1.807, 2.05) is 24.5 Å². The quantitative estimate of drug-likeness (QED) is 0.914. The van der Waals surface area contributed by atoms with Crippen molar-refractivity contribution in [1.82, 2.24) is 14.8 Å². The molecule has 0 radical (unpaired) electrons. The van der Waals surface area contributed by atoms with E-state index in [0.29, 0.717) is 30.7 Å². The van der Waals surface area contributed by atoms with Crippen LogP contribution in [0.1, 0.15) is 43.0 Å². The standard InChI is InChI=1S/C16H20N4O2S/c21-13(17-15-19-18-14(23-15)12-3-4-12)11-16(5-9-22-10-6-16)20-7-1-2-8-20/h1-2,7-8,12H,3-6,9-11H2,(H,17,19,21). The molecular formula is C16H20N4O2S. The Morgan fingerprint density at radius 2 is 2.04 bits per heavy atom. The summed E-state index contributed by atoms with van der Waals surface area (Å²) >= 11 is 1.50. The summed E-state index contributed by atoms with van der Waals surface area (Å²) < 4.78 is 7.65. The molecule has 23 heavy (non-hydrogen) atoms. The third kappa shape index (κ3) is 3.16. The fourth-order valence-electron chi connectivity index (χ4n) is 3.17. The van der Waals surface area contributed by atoms with Crippen LogP contribution in [0.2, 0.25) is 0 Å². The van der Waals surface area contributed by atoms with Crippen LogP contribution >= 0.6 is 11.3 Å². The minimum Gasteiger partial charge on any atom is -0.381 e. The Hall–Kier alpha value is -1.73. The molecule has 2 aromatic heterocycles. The summed E-state index contributed by atoms with van der Waals surface area (Å²) in [5.74, 6) is 0.568. The molecule has 6 nitrogen and oxygen atoms in total. The van der Waals surface area contributed by atoms with Gasteiger partial charge in [-0.05, 0) is 37.8 Å². The zero-order chi connectivity index (χ0) is 15.7. The molecule has 1 amide bonds. The number of carbonyl (C=O) groups is 1. The van der Waals surface area contributed by atoms with Crippen LogP contribution in [-0.4, -0.2) is 33.9 Å². The van der Waals surface area contributed by atoms with E-state index in [2.05, 4.69) is 20.1 Å². The van der Waals surface area contributed by atoms with Crippen molar-refractivity contribution in [3.8, 4) is 0 Å². The van der Waals surface area contributed by atoms with Crippen molar-refractivity contribution in [3.05, 3.63) is 29.5 Å². The summed E-state index contributed by atoms with van der Waals surface area (Å²) in [6.07, 6.45) is 8.59. The highest BCUT2D eigenvalue weighted by Gasteiger charge is 2.36. The average Bonchev–Trinajstić information content (AvgIpc) is 3.06. The first-order valence-electron chi connectivity index (χ1n) is 8.10. The summed E-state index contributed by atoms with van der Waals surface area (Å²) in [6.45, 7) is 1.38. The predicted octanol–water partition coefficient (Wildman–Crippen LogP) is 2.75. The van der Waals surface area contributed by atoms with Gasteiger partial charge in [0.15, 0.2) is 0 Å². The van der Waals surface area contributed by atoms with Gasteiger partial charge >= 0.3 is 0 Å². The van der Waals surface area contributed by atoms with Gasteiger partial charge in [0, 0.05) is 31.5 Å². The number of carbonyl (C=O) groups excluding carboxylic acids is 1. The number of anilines is 1. The number of hydrogen-bond acceptors (Lipinski definition) is 5. The highest BCUT2D eigenvalue weighted by atomic mass is 32.1. The number of ether oxygens (including phenoxy) is 1. The van der Waals surface area contributed by atoms with Crippen molar-refractivity contribution >= 4 is 22.4 Å². The first-order chi connectivity index (χ1) is 11.3. The molecular weight excluding hydrogens is 312 g/mol. The molecule has 0 atom stereocenters. The summed E-state index contributed by atoms with van der Waals surface area (Å²) in [4.78, 5) is 12.5. The minimum atomic E-state index is -0.199. The smallest absolute Gasteiger partial charge is 0.228 e. The lowest BCUT2D eigenvalue weighted by Crippen LogP contribution is -2.42. The molecule has 1 saturated heterocycles. The zero-order valence-corrected chi connectivity index (χ0v) is 13.7. The fraction of sp³-hybridized carbons (Fsp3) is 0.562. The summed E-state index contributed by atoms with van der Waals surface area (Å²) in [5.41, 5.74) is -0.199. The molecule has 2 fully saturated rings. The van der Waals surface area contributed by atoms with Crippen molar-refractivity contribution < 1.29 is 9.53 Å². The van der Waals surface area contributed by atoms with Crippen molar-refractivity contribution in [2.75, 3.05) is 18.5 Å². The lowest BCUT2D eigenvalue weighted by atomic mass is 9.86. The lowest BCUT2D eigenvalue weighted by Gasteiger charge is -2.38. The second kappa shape index (κ2) is 6.05. The van der Waals surface area contributed by atoms with E-state index in [-0.39, 0.29) is 11.4 Å². The van der Waals surface area contributed by atoms with Gasteiger partial charge in [0.25, 0.3) is 0 Å². The summed E-state index contributed by atoms with van der Waals surface area (Å²) in [5, 5.41) is 12.9. The largest absolute Gasteiger partial charge is 0.381 e. The van der Waals surface area contributed by atoms with Gasteiger partial charge in [-0.2, -0.15) is 0 Å².